The van der Waals surface area contributed by atoms with E-state index in [4.69, 9.17) is 0 Å². The van der Waals surface area contributed by atoms with Gasteiger partial charge in [-0.1, -0.05) is 83.9 Å². The molecule has 6 nitrogen and oxygen atoms in total. The maximum absolute atomic E-state index is 13.6. The zero-order valence-corrected chi connectivity index (χ0v) is 22.6. The van der Waals surface area contributed by atoms with Gasteiger partial charge in [0.1, 0.15) is 0 Å². The van der Waals surface area contributed by atoms with Gasteiger partial charge in [-0.15, -0.1) is 0 Å². The average molecular weight is 545 g/mol. The summed E-state index contributed by atoms with van der Waals surface area (Å²) in [5, 5.41) is 0. The molecule has 2 N–H and O–H groups in total. The molecule has 3 aliphatic rings. The summed E-state index contributed by atoms with van der Waals surface area (Å²) in [5.41, 5.74) is 5.95. The Morgan fingerprint density at radius 2 is 0.763 bits per heavy atom. The third-order valence-electron chi connectivity index (χ3n) is 7.68. The van der Waals surface area contributed by atoms with Crippen molar-refractivity contribution in [1.29, 1.82) is 0 Å². The van der Waals surface area contributed by atoms with Gasteiger partial charge in [0.2, 0.25) is 20.0 Å². The highest BCUT2D eigenvalue weighted by Gasteiger charge is 2.52. The van der Waals surface area contributed by atoms with Crippen LogP contribution in [0.3, 0.4) is 0 Å². The van der Waals surface area contributed by atoms with E-state index in [-0.39, 0.29) is 21.6 Å². The third-order valence-corrected chi connectivity index (χ3v) is 10.6. The maximum atomic E-state index is 13.6. The van der Waals surface area contributed by atoms with Crippen molar-refractivity contribution in [3.05, 3.63) is 130 Å². The lowest BCUT2D eigenvalue weighted by molar-refractivity contribution is 0.337. The molecule has 38 heavy (non-hydrogen) atoms. The molecule has 2 bridgehead atoms. The van der Waals surface area contributed by atoms with Gasteiger partial charge in [0.15, 0.2) is 0 Å². The van der Waals surface area contributed by atoms with Crippen molar-refractivity contribution in [2.45, 2.75) is 47.6 Å². The molecule has 7 rings (SSSR count). The number of benzene rings is 4. The molecule has 0 spiro atoms. The molecule has 0 radical (unpaired) electrons. The number of fused-ring (bicyclic) bond motifs is 1. The fraction of sp³-hybridized carbons (Fsp3) is 0.200. The van der Waals surface area contributed by atoms with E-state index in [2.05, 4.69) is 9.44 Å². The summed E-state index contributed by atoms with van der Waals surface area (Å²) in [5.74, 6) is -0.725. The molecule has 8 heteroatoms. The number of nitrogens with one attached hydrogen (secondary N) is 2. The van der Waals surface area contributed by atoms with Gasteiger partial charge in [-0.3, -0.25) is 0 Å². The zero-order chi connectivity index (χ0) is 26.7. The van der Waals surface area contributed by atoms with E-state index in [0.717, 1.165) is 33.4 Å². The van der Waals surface area contributed by atoms with Crippen LogP contribution in [0.5, 0.6) is 0 Å². The molecule has 0 saturated heterocycles. The van der Waals surface area contributed by atoms with Crippen LogP contribution in [0.4, 0.5) is 0 Å². The molecule has 0 fully saturated rings. The van der Waals surface area contributed by atoms with Crippen LogP contribution >= 0.6 is 0 Å². The second kappa shape index (κ2) is 9.17. The fourth-order valence-electron chi connectivity index (χ4n) is 5.89. The second-order valence-electron chi connectivity index (χ2n) is 10.1. The third kappa shape index (κ3) is 4.18. The largest absolute Gasteiger partial charge is 0.240 e. The molecule has 4 aromatic rings. The minimum Gasteiger partial charge on any atom is -0.207 e. The molecule has 0 aromatic heterocycles. The minimum absolute atomic E-state index is 0.145. The lowest BCUT2D eigenvalue weighted by Crippen LogP contribution is -2.61. The van der Waals surface area contributed by atoms with E-state index >= 15 is 0 Å². The first-order chi connectivity index (χ1) is 18.2. The van der Waals surface area contributed by atoms with Gasteiger partial charge in [-0.2, -0.15) is 0 Å². The molecular formula is C30H28N2O4S2. The van der Waals surface area contributed by atoms with Crippen LogP contribution in [0.2, 0.25) is 0 Å². The molecule has 0 saturated carbocycles. The topological polar surface area (TPSA) is 92.3 Å². The average Bonchev–Trinajstić information content (AvgIpc) is 2.90. The summed E-state index contributed by atoms with van der Waals surface area (Å²) in [6, 6.07) is 27.7. The molecule has 0 aliphatic heterocycles. The first-order valence-electron chi connectivity index (χ1n) is 12.5. The molecular weight excluding hydrogens is 516 g/mol. The van der Waals surface area contributed by atoms with E-state index in [0.29, 0.717) is 0 Å². The van der Waals surface area contributed by atoms with E-state index in [1.807, 2.05) is 62.4 Å². The first-order valence-corrected chi connectivity index (χ1v) is 15.5. The first kappa shape index (κ1) is 25.0. The van der Waals surface area contributed by atoms with Crippen molar-refractivity contribution in [3.8, 4) is 0 Å². The van der Waals surface area contributed by atoms with Crippen molar-refractivity contribution in [2.75, 3.05) is 0 Å². The van der Waals surface area contributed by atoms with Crippen molar-refractivity contribution < 1.29 is 16.8 Å². The molecule has 0 heterocycles. The van der Waals surface area contributed by atoms with Crippen LogP contribution in [-0.2, 0) is 20.0 Å². The Morgan fingerprint density at radius 1 is 0.474 bits per heavy atom. The monoisotopic (exact) mass is 544 g/mol. The number of hydrogen-bond acceptors (Lipinski definition) is 4. The van der Waals surface area contributed by atoms with Gasteiger partial charge in [0.05, 0.1) is 21.9 Å². The summed E-state index contributed by atoms with van der Waals surface area (Å²) in [6.45, 7) is 3.79. The van der Waals surface area contributed by atoms with Crippen LogP contribution in [0, 0.1) is 13.8 Å². The number of hydrogen-bond donors (Lipinski definition) is 2. The number of aryl methyl sites for hydroxylation is 2. The van der Waals surface area contributed by atoms with Crippen molar-refractivity contribution in [3.63, 3.8) is 0 Å². The van der Waals surface area contributed by atoms with Crippen LogP contribution in [0.1, 0.15) is 45.2 Å². The smallest absolute Gasteiger partial charge is 0.207 e. The number of sulfonamides is 2. The van der Waals surface area contributed by atoms with E-state index in [1.165, 1.54) is 0 Å². The molecule has 2 atom stereocenters. The summed E-state index contributed by atoms with van der Waals surface area (Å²) in [7, 11) is -7.90. The molecule has 194 valence electrons. The summed E-state index contributed by atoms with van der Waals surface area (Å²) >= 11 is 0. The highest BCUT2D eigenvalue weighted by atomic mass is 32.2. The van der Waals surface area contributed by atoms with Crippen LogP contribution in [-0.4, -0.2) is 28.9 Å². The molecule has 0 amide bonds. The Kier molecular flexibility index (Phi) is 6.03. The predicted molar refractivity (Wildman–Crippen MR) is 147 cm³/mol. The highest BCUT2D eigenvalue weighted by Crippen LogP contribution is 2.53. The SMILES string of the molecule is Cc1ccc(S(=O)(=O)NC2C3c4ccccc4C(c4ccccc43)[C@H]2NS(=O)(=O)c2ccc(C)cc2)cc1. The Labute approximate surface area is 223 Å². The van der Waals surface area contributed by atoms with Gasteiger partial charge in [-0.25, -0.2) is 26.3 Å². The van der Waals surface area contributed by atoms with Crippen molar-refractivity contribution in [2.24, 2.45) is 0 Å². The lowest BCUT2D eigenvalue weighted by atomic mass is 9.59. The standard InChI is InChI=1S/C30H28N2O4S2/c1-19-11-15-21(16-12-19)37(33,34)31-29-27-23-7-3-5-9-25(23)28(26-10-6-4-8-24(26)27)30(29)32-38(35,36)22-17-13-20(2)14-18-22/h3-18,27-32H,1-2H3/t27?,28?,29-,30?/m1/s1. The zero-order valence-electron chi connectivity index (χ0n) is 21.0. The summed E-state index contributed by atoms with van der Waals surface area (Å²) < 4.78 is 60.4. The quantitative estimate of drug-likeness (QED) is 0.372. The Balaban J connectivity index is 1.50. The Morgan fingerprint density at radius 3 is 1.05 bits per heavy atom. The lowest BCUT2D eigenvalue weighted by Gasteiger charge is -2.50. The Bertz CT molecular complexity index is 1550. The van der Waals surface area contributed by atoms with Gasteiger partial charge in [-0.05, 0) is 60.4 Å². The van der Waals surface area contributed by atoms with Gasteiger partial charge in [0, 0.05) is 11.8 Å². The summed E-state index contributed by atoms with van der Waals surface area (Å²) in [4.78, 5) is 0.289. The second-order valence-corrected chi connectivity index (χ2v) is 13.6. The van der Waals surface area contributed by atoms with Crippen LogP contribution in [0.25, 0.3) is 0 Å². The van der Waals surface area contributed by atoms with E-state index in [1.54, 1.807) is 48.5 Å². The van der Waals surface area contributed by atoms with E-state index < -0.39 is 32.1 Å². The highest BCUT2D eigenvalue weighted by molar-refractivity contribution is 7.90. The van der Waals surface area contributed by atoms with Crippen LogP contribution in [0.15, 0.2) is 107 Å². The van der Waals surface area contributed by atoms with Crippen molar-refractivity contribution in [1.82, 2.24) is 9.44 Å². The molecule has 3 aliphatic carbocycles. The fourth-order valence-corrected chi connectivity index (χ4v) is 8.43. The maximum Gasteiger partial charge on any atom is 0.240 e. The summed E-state index contributed by atoms with van der Waals surface area (Å²) in [6.07, 6.45) is 0. The Hall–Kier alpha value is -3.30. The van der Waals surface area contributed by atoms with Gasteiger partial charge >= 0.3 is 0 Å². The molecule has 1 unspecified atom stereocenters. The van der Waals surface area contributed by atoms with Gasteiger partial charge in [0.25, 0.3) is 0 Å². The molecule has 4 aromatic carbocycles. The minimum atomic E-state index is -3.95. The number of rotatable bonds is 6. The van der Waals surface area contributed by atoms with Gasteiger partial charge < -0.3 is 0 Å². The van der Waals surface area contributed by atoms with E-state index in [9.17, 15) is 16.8 Å². The van der Waals surface area contributed by atoms with Crippen LogP contribution < -0.4 is 9.44 Å². The predicted octanol–water partition coefficient (Wildman–Crippen LogP) is 4.59. The van der Waals surface area contributed by atoms with Crippen molar-refractivity contribution >= 4 is 20.0 Å². The normalized spacial score (nSPS) is 22.1.